The van der Waals surface area contributed by atoms with Crippen molar-refractivity contribution in [3.05, 3.63) is 71.3 Å². The Morgan fingerprint density at radius 2 is 1.44 bits per heavy atom. The highest BCUT2D eigenvalue weighted by molar-refractivity contribution is 5.98. The molecule has 0 radical (unpaired) electrons. The molecule has 2 aromatic carbocycles. The summed E-state index contributed by atoms with van der Waals surface area (Å²) in [7, 11) is 0. The number of halogens is 3. The van der Waals surface area contributed by atoms with Crippen molar-refractivity contribution in [2.45, 2.75) is 96.2 Å². The number of hydrogen-bond donors (Lipinski definition) is 6. The van der Waals surface area contributed by atoms with Gasteiger partial charge in [-0.15, -0.1) is 0 Å². The molecule has 5 atom stereocenters. The van der Waals surface area contributed by atoms with Gasteiger partial charge in [-0.2, -0.15) is 13.2 Å². The van der Waals surface area contributed by atoms with Crippen molar-refractivity contribution in [1.82, 2.24) is 21.3 Å². The van der Waals surface area contributed by atoms with E-state index >= 15 is 0 Å². The third-order valence-electron chi connectivity index (χ3n) is 7.76. The summed E-state index contributed by atoms with van der Waals surface area (Å²) in [6.45, 7) is 8.51. The highest BCUT2D eigenvalue weighted by atomic mass is 19.4. The van der Waals surface area contributed by atoms with Crippen molar-refractivity contribution in [1.29, 1.82) is 0 Å². The van der Waals surface area contributed by atoms with E-state index in [2.05, 4.69) is 16.0 Å². The first-order chi connectivity index (χ1) is 22.4. The summed E-state index contributed by atoms with van der Waals surface area (Å²) in [6, 6.07) is 10.6. The predicted octanol–water partition coefficient (Wildman–Crippen LogP) is 2.51. The van der Waals surface area contributed by atoms with Gasteiger partial charge >= 0.3 is 6.18 Å². The van der Waals surface area contributed by atoms with Crippen molar-refractivity contribution in [2.24, 2.45) is 11.7 Å². The van der Waals surface area contributed by atoms with Gasteiger partial charge in [-0.1, -0.05) is 70.2 Å². The van der Waals surface area contributed by atoms with Gasteiger partial charge in [0.2, 0.25) is 17.7 Å². The van der Waals surface area contributed by atoms with Crippen molar-refractivity contribution in [2.75, 3.05) is 6.54 Å². The molecule has 0 fully saturated rings. The van der Waals surface area contributed by atoms with Crippen LogP contribution in [0.3, 0.4) is 0 Å². The van der Waals surface area contributed by atoms with Crippen molar-refractivity contribution < 1.29 is 42.3 Å². The van der Waals surface area contributed by atoms with Crippen LogP contribution in [-0.2, 0) is 25.6 Å². The molecule has 0 saturated heterocycles. The van der Waals surface area contributed by atoms with E-state index in [-0.39, 0.29) is 24.8 Å². The number of nitrogens with one attached hydrogen (secondary N) is 4. The summed E-state index contributed by atoms with van der Waals surface area (Å²) in [5.74, 6) is -3.53. The summed E-state index contributed by atoms with van der Waals surface area (Å²) in [5, 5.41) is 19.9. The van der Waals surface area contributed by atoms with Crippen LogP contribution in [0.2, 0.25) is 0 Å². The summed E-state index contributed by atoms with van der Waals surface area (Å²) in [4.78, 5) is 63.7. The zero-order chi connectivity index (χ0) is 36.2. The number of aliphatic hydroxyl groups is 1. The predicted molar refractivity (Wildman–Crippen MR) is 174 cm³/mol. The number of benzene rings is 2. The Labute approximate surface area is 278 Å². The molecule has 0 bridgehead atoms. The fourth-order valence-corrected chi connectivity index (χ4v) is 4.83. The number of hydrogen-bond acceptors (Lipinski definition) is 7. The standard InChI is InChI=1S/C34H46F3N5O6/c1-19(2)23-11-13-24(14-12-23)32(47)42-29(20(3)4)27(43)18-39-26(17-22-9-7-6-8-10-22)33(48)40-21(5)31(46)41-25(15-16-28(38)44)30(45)34(35,36)37/h6-14,19-21,25-26,29-30,39,45H,15-18H2,1-5H3,(H2,38,44)(H,40,48)(H,41,46)(H,42,47). The van der Waals surface area contributed by atoms with Gasteiger partial charge in [0.05, 0.1) is 24.7 Å². The Hall–Kier alpha value is -4.30. The second-order valence-electron chi connectivity index (χ2n) is 12.4. The molecule has 0 aromatic heterocycles. The lowest BCUT2D eigenvalue weighted by Gasteiger charge is -2.28. The van der Waals surface area contributed by atoms with E-state index in [0.29, 0.717) is 11.1 Å². The Kier molecular flexibility index (Phi) is 15.2. The monoisotopic (exact) mass is 677 g/mol. The molecule has 0 spiro atoms. The van der Waals surface area contributed by atoms with Crippen LogP contribution in [0.5, 0.6) is 0 Å². The van der Waals surface area contributed by atoms with Crippen molar-refractivity contribution in [3.8, 4) is 0 Å². The van der Waals surface area contributed by atoms with Gasteiger partial charge < -0.3 is 26.8 Å². The number of nitrogens with two attached hydrogens (primary N) is 1. The number of aliphatic hydroxyl groups excluding tert-OH is 1. The SMILES string of the molecule is CC(NC(=O)C(Cc1ccccc1)NCC(=O)C(NC(=O)c1ccc(C(C)C)cc1)C(C)C)C(=O)NC(CCC(N)=O)C(O)C(F)(F)F. The van der Waals surface area contributed by atoms with Gasteiger partial charge in [0, 0.05) is 12.0 Å². The minimum atomic E-state index is -5.09. The quantitative estimate of drug-likeness (QED) is 0.140. The van der Waals surface area contributed by atoms with Gasteiger partial charge in [-0.25, -0.2) is 0 Å². The minimum absolute atomic E-state index is 0.0865. The topological polar surface area (TPSA) is 180 Å². The number of primary amides is 1. The Morgan fingerprint density at radius 3 is 1.96 bits per heavy atom. The average Bonchev–Trinajstić information content (AvgIpc) is 3.02. The van der Waals surface area contributed by atoms with Crippen LogP contribution in [0.25, 0.3) is 0 Å². The second kappa shape index (κ2) is 18.3. The zero-order valence-corrected chi connectivity index (χ0v) is 27.8. The second-order valence-corrected chi connectivity index (χ2v) is 12.4. The Morgan fingerprint density at radius 1 is 0.833 bits per heavy atom. The molecular formula is C34H46F3N5O6. The fourth-order valence-electron chi connectivity index (χ4n) is 4.83. The molecule has 2 rings (SSSR count). The third-order valence-corrected chi connectivity index (χ3v) is 7.76. The van der Waals surface area contributed by atoms with E-state index in [0.717, 1.165) is 5.56 Å². The van der Waals surface area contributed by atoms with Crippen LogP contribution in [0.4, 0.5) is 13.2 Å². The van der Waals surface area contributed by atoms with E-state index in [1.807, 2.05) is 31.3 Å². The number of carbonyl (C=O) groups is 5. The van der Waals surface area contributed by atoms with Crippen LogP contribution in [0, 0.1) is 5.92 Å². The lowest BCUT2D eigenvalue weighted by Crippen LogP contribution is -2.57. The minimum Gasteiger partial charge on any atom is -0.382 e. The van der Waals surface area contributed by atoms with E-state index in [1.165, 1.54) is 6.92 Å². The maximum absolute atomic E-state index is 13.4. The molecule has 14 heteroatoms. The maximum Gasteiger partial charge on any atom is 0.416 e. The van der Waals surface area contributed by atoms with E-state index in [1.54, 1.807) is 56.3 Å². The molecule has 0 aliphatic rings. The first-order valence-electron chi connectivity index (χ1n) is 15.7. The highest BCUT2D eigenvalue weighted by Crippen LogP contribution is 2.24. The molecule has 11 nitrogen and oxygen atoms in total. The van der Waals surface area contributed by atoms with Crippen molar-refractivity contribution >= 4 is 29.4 Å². The summed E-state index contributed by atoms with van der Waals surface area (Å²) >= 11 is 0. The maximum atomic E-state index is 13.4. The number of Topliss-reactive ketones (excluding diaryl/α,β-unsaturated/α-hetero) is 1. The van der Waals surface area contributed by atoms with Crippen LogP contribution in [0.1, 0.15) is 74.9 Å². The molecule has 7 N–H and O–H groups in total. The summed E-state index contributed by atoms with van der Waals surface area (Å²) in [5.41, 5.74) is 7.19. The lowest BCUT2D eigenvalue weighted by molar-refractivity contribution is -0.212. The molecule has 0 saturated carbocycles. The fraction of sp³-hybridized carbons (Fsp3) is 0.500. The normalized spacial score (nSPS) is 14.8. The molecule has 2 aromatic rings. The number of alkyl halides is 3. The van der Waals surface area contributed by atoms with Gasteiger partial charge in [0.15, 0.2) is 11.9 Å². The van der Waals surface area contributed by atoms with Gasteiger partial charge in [-0.3, -0.25) is 29.3 Å². The zero-order valence-electron chi connectivity index (χ0n) is 27.8. The first kappa shape index (κ1) is 39.9. The molecule has 0 aliphatic heterocycles. The number of carbonyl (C=O) groups excluding carboxylic acids is 5. The van der Waals surface area contributed by atoms with Crippen LogP contribution < -0.4 is 27.0 Å². The first-order valence-corrected chi connectivity index (χ1v) is 15.7. The Balaban J connectivity index is 2.15. The molecule has 264 valence electrons. The average molecular weight is 678 g/mol. The summed E-state index contributed by atoms with van der Waals surface area (Å²) < 4.78 is 39.6. The highest BCUT2D eigenvalue weighted by Gasteiger charge is 2.44. The van der Waals surface area contributed by atoms with Crippen LogP contribution in [-0.4, -0.2) is 77.5 Å². The number of rotatable bonds is 18. The van der Waals surface area contributed by atoms with Gasteiger partial charge in [0.25, 0.3) is 5.91 Å². The molecule has 4 amide bonds. The molecule has 48 heavy (non-hydrogen) atoms. The molecule has 0 heterocycles. The van der Waals surface area contributed by atoms with Gasteiger partial charge in [0.1, 0.15) is 6.04 Å². The largest absolute Gasteiger partial charge is 0.416 e. The van der Waals surface area contributed by atoms with Crippen LogP contribution in [0.15, 0.2) is 54.6 Å². The number of ketones is 1. The molecule has 0 aliphatic carbocycles. The van der Waals surface area contributed by atoms with Crippen molar-refractivity contribution in [3.63, 3.8) is 0 Å². The molecule has 5 unspecified atom stereocenters. The lowest BCUT2D eigenvalue weighted by atomic mass is 9.97. The third kappa shape index (κ3) is 12.7. The molecular weight excluding hydrogens is 631 g/mol. The Bertz CT molecular complexity index is 1390. The van der Waals surface area contributed by atoms with Gasteiger partial charge in [-0.05, 0) is 54.9 Å². The summed E-state index contributed by atoms with van der Waals surface area (Å²) in [6.07, 6.45) is -9.10. The van der Waals surface area contributed by atoms with E-state index < -0.39 is 78.7 Å². The van der Waals surface area contributed by atoms with E-state index in [4.69, 9.17) is 5.73 Å². The van der Waals surface area contributed by atoms with E-state index in [9.17, 15) is 42.3 Å². The van der Waals surface area contributed by atoms with Crippen LogP contribution >= 0.6 is 0 Å². The number of amides is 4. The smallest absolute Gasteiger partial charge is 0.382 e.